The summed E-state index contributed by atoms with van der Waals surface area (Å²) in [4.78, 5) is 18.7. The Morgan fingerprint density at radius 1 is 1.10 bits per heavy atom. The van der Waals surface area contributed by atoms with E-state index in [1.807, 2.05) is 74.0 Å². The monoisotopic (exact) mass is 621 g/mol. The van der Waals surface area contributed by atoms with Crippen molar-refractivity contribution < 1.29 is 9.53 Å². The van der Waals surface area contributed by atoms with E-state index >= 15 is 0 Å². The van der Waals surface area contributed by atoms with Gasteiger partial charge in [-0.05, 0) is 74.2 Å². The molecule has 0 saturated heterocycles. The standard InChI is InChI=1S/C32H33Cl2N5O2S/c1-5-6-16-42-32-37-31-35-21(4)28(30(40)36-27-9-7-8-19(2)20(27)3)29(39(31)38-32)22-11-14-25(15-12-22)41-18-23-10-13-24(33)17-26(23)34/h7-15,17,29H,5-6,16,18H2,1-4H3,(H,36,40)(H,35,37,38). The van der Waals surface area contributed by atoms with Gasteiger partial charge in [-0.3, -0.25) is 4.79 Å². The number of fused-ring (bicyclic) bond motifs is 1. The molecular weight excluding hydrogens is 589 g/mol. The molecule has 1 atom stereocenters. The predicted molar refractivity (Wildman–Crippen MR) is 172 cm³/mol. The second-order valence-electron chi connectivity index (χ2n) is 10.2. The SMILES string of the molecule is CCCCSc1nc2n(n1)C(c1ccc(OCc3ccc(Cl)cc3Cl)cc1)C(C(=O)Nc1cccc(C)c1C)=C(C)N2. The maximum absolute atomic E-state index is 13.9. The molecule has 0 radical (unpaired) electrons. The lowest BCUT2D eigenvalue weighted by molar-refractivity contribution is -0.113. The van der Waals surface area contributed by atoms with E-state index in [1.165, 1.54) is 0 Å². The number of rotatable bonds is 10. The Bertz CT molecular complexity index is 1630. The molecule has 1 aromatic heterocycles. The predicted octanol–water partition coefficient (Wildman–Crippen LogP) is 8.60. The highest BCUT2D eigenvalue weighted by molar-refractivity contribution is 7.99. The maximum atomic E-state index is 13.9. The number of anilines is 2. The van der Waals surface area contributed by atoms with E-state index in [1.54, 1.807) is 23.9 Å². The van der Waals surface area contributed by atoms with Crippen molar-refractivity contribution in [3.8, 4) is 5.75 Å². The lowest BCUT2D eigenvalue weighted by Gasteiger charge is -2.29. The molecule has 2 heterocycles. The molecule has 218 valence electrons. The molecule has 7 nitrogen and oxygen atoms in total. The molecule has 0 aliphatic carbocycles. The van der Waals surface area contributed by atoms with Crippen LogP contribution in [0, 0.1) is 13.8 Å². The van der Waals surface area contributed by atoms with E-state index in [9.17, 15) is 4.79 Å². The summed E-state index contributed by atoms with van der Waals surface area (Å²) in [6.07, 6.45) is 2.18. The minimum atomic E-state index is -0.487. The number of hydrogen-bond donors (Lipinski definition) is 2. The molecule has 1 aliphatic rings. The molecule has 0 spiro atoms. The fourth-order valence-electron chi connectivity index (χ4n) is 4.72. The van der Waals surface area contributed by atoms with Crippen LogP contribution in [0.25, 0.3) is 0 Å². The third kappa shape index (κ3) is 6.61. The van der Waals surface area contributed by atoms with Crippen molar-refractivity contribution in [2.75, 3.05) is 16.4 Å². The van der Waals surface area contributed by atoms with Crippen LogP contribution in [0.4, 0.5) is 11.6 Å². The fourth-order valence-corrected chi connectivity index (χ4v) is 6.10. The molecule has 4 aromatic rings. The van der Waals surface area contributed by atoms with Crippen LogP contribution < -0.4 is 15.4 Å². The van der Waals surface area contributed by atoms with E-state index in [0.29, 0.717) is 39.1 Å². The zero-order chi connectivity index (χ0) is 29.8. The zero-order valence-corrected chi connectivity index (χ0v) is 26.3. The fraction of sp³-hybridized carbons (Fsp3) is 0.281. The number of unbranched alkanes of at least 4 members (excludes halogenated alkanes) is 1. The van der Waals surface area contributed by atoms with Gasteiger partial charge in [-0.15, -0.1) is 5.10 Å². The van der Waals surface area contributed by atoms with Gasteiger partial charge in [-0.25, -0.2) is 4.68 Å². The van der Waals surface area contributed by atoms with Gasteiger partial charge in [0.15, 0.2) is 0 Å². The van der Waals surface area contributed by atoms with Gasteiger partial charge in [-0.2, -0.15) is 4.98 Å². The highest BCUT2D eigenvalue weighted by Gasteiger charge is 2.34. The summed E-state index contributed by atoms with van der Waals surface area (Å²) in [5.74, 6) is 2.02. The van der Waals surface area contributed by atoms with Gasteiger partial charge >= 0.3 is 0 Å². The van der Waals surface area contributed by atoms with Crippen LogP contribution in [0.1, 0.15) is 55.0 Å². The number of ether oxygens (including phenoxy) is 1. The molecular formula is C32H33Cl2N5O2S. The highest BCUT2D eigenvalue weighted by Crippen LogP contribution is 2.38. The first kappa shape index (κ1) is 30.0. The van der Waals surface area contributed by atoms with Gasteiger partial charge in [0.1, 0.15) is 18.4 Å². The zero-order valence-electron chi connectivity index (χ0n) is 24.0. The summed E-state index contributed by atoms with van der Waals surface area (Å²) < 4.78 is 7.82. The van der Waals surface area contributed by atoms with Crippen LogP contribution in [0.3, 0.4) is 0 Å². The van der Waals surface area contributed by atoms with Crippen molar-refractivity contribution in [2.24, 2.45) is 0 Å². The number of halogens is 2. The maximum Gasteiger partial charge on any atom is 0.255 e. The van der Waals surface area contributed by atoms with Crippen molar-refractivity contribution >= 4 is 52.5 Å². The lowest BCUT2D eigenvalue weighted by atomic mass is 9.94. The number of benzene rings is 3. The van der Waals surface area contributed by atoms with Crippen molar-refractivity contribution in [1.29, 1.82) is 0 Å². The number of aryl methyl sites for hydroxylation is 1. The number of nitrogens with one attached hydrogen (secondary N) is 2. The number of amides is 1. The van der Waals surface area contributed by atoms with Gasteiger partial charge < -0.3 is 15.4 Å². The van der Waals surface area contributed by atoms with Gasteiger partial charge in [0.2, 0.25) is 11.1 Å². The van der Waals surface area contributed by atoms with Crippen molar-refractivity contribution in [3.05, 3.63) is 104 Å². The molecule has 3 aromatic carbocycles. The number of hydrogen-bond acceptors (Lipinski definition) is 6. The van der Waals surface area contributed by atoms with E-state index in [0.717, 1.165) is 52.2 Å². The molecule has 0 bridgehead atoms. The Hall–Kier alpha value is -3.46. The van der Waals surface area contributed by atoms with Crippen LogP contribution >= 0.6 is 35.0 Å². The first-order valence-electron chi connectivity index (χ1n) is 13.9. The summed E-state index contributed by atoms with van der Waals surface area (Å²) in [6, 6.07) is 18.5. The summed E-state index contributed by atoms with van der Waals surface area (Å²) in [5.41, 5.74) is 5.94. The van der Waals surface area contributed by atoms with Crippen LogP contribution in [0.5, 0.6) is 5.75 Å². The van der Waals surface area contributed by atoms with Gasteiger partial charge in [0, 0.05) is 32.7 Å². The first-order chi connectivity index (χ1) is 20.2. The van der Waals surface area contributed by atoms with Crippen molar-refractivity contribution in [2.45, 2.75) is 58.3 Å². The highest BCUT2D eigenvalue weighted by atomic mass is 35.5. The second-order valence-corrected chi connectivity index (χ2v) is 12.1. The Balaban J connectivity index is 1.45. The molecule has 1 amide bonds. The molecule has 42 heavy (non-hydrogen) atoms. The Labute approximate surface area is 260 Å². The minimum absolute atomic E-state index is 0.197. The quantitative estimate of drug-likeness (QED) is 0.136. The van der Waals surface area contributed by atoms with Crippen molar-refractivity contribution in [3.63, 3.8) is 0 Å². The van der Waals surface area contributed by atoms with Gasteiger partial charge in [0.05, 0.1) is 5.57 Å². The molecule has 0 fully saturated rings. The third-order valence-corrected chi connectivity index (χ3v) is 8.78. The summed E-state index contributed by atoms with van der Waals surface area (Å²) in [5, 5.41) is 13.1. The molecule has 5 rings (SSSR count). The number of nitrogens with zero attached hydrogens (tertiary/aromatic N) is 3. The molecule has 2 N–H and O–H groups in total. The van der Waals surface area contributed by atoms with Gasteiger partial charge in [0.25, 0.3) is 5.91 Å². The summed E-state index contributed by atoms with van der Waals surface area (Å²) in [6.45, 7) is 8.41. The van der Waals surface area contributed by atoms with E-state index in [4.69, 9.17) is 38.0 Å². The topological polar surface area (TPSA) is 81.1 Å². The van der Waals surface area contributed by atoms with E-state index < -0.39 is 6.04 Å². The average Bonchev–Trinajstić information content (AvgIpc) is 3.37. The number of allylic oxidation sites excluding steroid dienone is 1. The Morgan fingerprint density at radius 3 is 2.62 bits per heavy atom. The molecule has 10 heteroatoms. The number of thioether (sulfide) groups is 1. The van der Waals surface area contributed by atoms with Crippen LogP contribution in [-0.4, -0.2) is 26.4 Å². The lowest BCUT2D eigenvalue weighted by Crippen LogP contribution is -2.31. The summed E-state index contributed by atoms with van der Waals surface area (Å²) >= 11 is 14.0. The molecule has 1 unspecified atom stereocenters. The van der Waals surface area contributed by atoms with Crippen molar-refractivity contribution in [1.82, 2.24) is 14.8 Å². The Kier molecular flexibility index (Phi) is 9.46. The number of aromatic nitrogens is 3. The largest absolute Gasteiger partial charge is 0.489 e. The summed E-state index contributed by atoms with van der Waals surface area (Å²) in [7, 11) is 0. The number of carbonyl (C=O) groups excluding carboxylic acids is 1. The van der Waals surface area contributed by atoms with Crippen LogP contribution in [0.2, 0.25) is 10.0 Å². The molecule has 1 aliphatic heterocycles. The average molecular weight is 623 g/mol. The Morgan fingerprint density at radius 2 is 1.88 bits per heavy atom. The van der Waals surface area contributed by atoms with Crippen LogP contribution in [-0.2, 0) is 11.4 Å². The minimum Gasteiger partial charge on any atom is -0.489 e. The second kappa shape index (κ2) is 13.2. The van der Waals surface area contributed by atoms with E-state index in [-0.39, 0.29) is 5.91 Å². The van der Waals surface area contributed by atoms with Crippen LogP contribution in [0.15, 0.2) is 77.1 Å². The molecule has 0 saturated carbocycles. The number of carbonyl (C=O) groups is 1. The normalized spacial score (nSPS) is 14.4. The first-order valence-corrected chi connectivity index (χ1v) is 15.6. The smallest absolute Gasteiger partial charge is 0.255 e. The van der Waals surface area contributed by atoms with Gasteiger partial charge in [-0.1, -0.05) is 78.6 Å². The van der Waals surface area contributed by atoms with E-state index in [2.05, 4.69) is 17.6 Å². The third-order valence-electron chi connectivity index (χ3n) is 7.26.